The average Bonchev–Trinajstić information content (AvgIpc) is 2.94. The van der Waals surface area contributed by atoms with Gasteiger partial charge in [0.05, 0.1) is 19.6 Å². The first-order chi connectivity index (χ1) is 10.1. The van der Waals surface area contributed by atoms with Gasteiger partial charge in [-0.2, -0.15) is 0 Å². The first-order valence-corrected chi connectivity index (χ1v) is 7.28. The number of rotatable bonds is 5. The lowest BCUT2D eigenvalue weighted by Crippen LogP contribution is -2.35. The van der Waals surface area contributed by atoms with Gasteiger partial charge in [-0.05, 0) is 24.8 Å². The molecule has 5 nitrogen and oxygen atoms in total. The average molecular weight is 290 g/mol. The smallest absolute Gasteiger partial charge is 0.307 e. The quantitative estimate of drug-likeness (QED) is 0.806. The highest BCUT2D eigenvalue weighted by molar-refractivity contribution is 5.80. The minimum absolute atomic E-state index is 0.0271. The predicted octanol–water partition coefficient (Wildman–Crippen LogP) is 1.53. The van der Waals surface area contributed by atoms with Gasteiger partial charge >= 0.3 is 5.97 Å². The number of benzene rings is 1. The number of carbonyl (C=O) groups excluding carboxylic acids is 2. The second-order valence-electron chi connectivity index (χ2n) is 5.52. The molecule has 3 unspecified atom stereocenters. The second kappa shape index (κ2) is 7.22. The molecule has 1 aliphatic carbocycles. The number of ether oxygens (including phenoxy) is 1. The molecule has 0 heterocycles. The van der Waals surface area contributed by atoms with E-state index in [9.17, 15) is 9.59 Å². The fourth-order valence-electron chi connectivity index (χ4n) is 2.73. The van der Waals surface area contributed by atoms with Crippen molar-refractivity contribution < 1.29 is 14.3 Å². The molecule has 0 bridgehead atoms. The zero-order valence-corrected chi connectivity index (χ0v) is 12.2. The maximum absolute atomic E-state index is 12.3. The van der Waals surface area contributed by atoms with E-state index in [1.807, 2.05) is 30.3 Å². The molecule has 3 N–H and O–H groups in total. The van der Waals surface area contributed by atoms with Crippen molar-refractivity contribution in [2.75, 3.05) is 7.11 Å². The van der Waals surface area contributed by atoms with Crippen LogP contribution in [0, 0.1) is 5.92 Å². The SMILES string of the molecule is COC(=O)CC(NC(=O)C1CCC(N)C1)c1ccccc1. The fraction of sp³-hybridized carbons (Fsp3) is 0.500. The van der Waals surface area contributed by atoms with Crippen molar-refractivity contribution in [1.29, 1.82) is 0 Å². The first-order valence-electron chi connectivity index (χ1n) is 7.28. The molecule has 1 aliphatic rings. The number of carbonyl (C=O) groups is 2. The van der Waals surface area contributed by atoms with E-state index >= 15 is 0 Å². The van der Waals surface area contributed by atoms with Gasteiger partial charge in [0.15, 0.2) is 0 Å². The van der Waals surface area contributed by atoms with E-state index < -0.39 is 0 Å². The minimum atomic E-state index is -0.358. The molecular weight excluding hydrogens is 268 g/mol. The van der Waals surface area contributed by atoms with E-state index in [-0.39, 0.29) is 36.3 Å². The standard InChI is InChI=1S/C16H22N2O3/c1-21-15(19)10-14(11-5-3-2-4-6-11)18-16(20)12-7-8-13(17)9-12/h2-6,12-14H,7-10,17H2,1H3,(H,18,20). The lowest BCUT2D eigenvalue weighted by atomic mass is 10.0. The van der Waals surface area contributed by atoms with Crippen molar-refractivity contribution in [1.82, 2.24) is 5.32 Å². The Morgan fingerprint density at radius 3 is 2.62 bits per heavy atom. The largest absolute Gasteiger partial charge is 0.469 e. The van der Waals surface area contributed by atoms with Crippen LogP contribution in [0.15, 0.2) is 30.3 Å². The summed E-state index contributed by atoms with van der Waals surface area (Å²) in [6.07, 6.45) is 2.54. The molecular formula is C16H22N2O3. The normalized spacial score (nSPS) is 22.6. The lowest BCUT2D eigenvalue weighted by molar-refractivity contribution is -0.141. The van der Waals surface area contributed by atoms with Gasteiger partial charge in [0.1, 0.15) is 0 Å². The van der Waals surface area contributed by atoms with Crippen LogP contribution in [0.1, 0.15) is 37.3 Å². The monoisotopic (exact) mass is 290 g/mol. The summed E-state index contributed by atoms with van der Waals surface area (Å²) >= 11 is 0. The second-order valence-corrected chi connectivity index (χ2v) is 5.52. The van der Waals surface area contributed by atoms with E-state index in [0.717, 1.165) is 18.4 Å². The Morgan fingerprint density at radius 1 is 1.33 bits per heavy atom. The molecule has 1 aromatic carbocycles. The third-order valence-corrected chi connectivity index (χ3v) is 3.96. The van der Waals surface area contributed by atoms with Gasteiger partial charge in [0.2, 0.25) is 5.91 Å². The summed E-state index contributed by atoms with van der Waals surface area (Å²) in [5.41, 5.74) is 6.75. The summed E-state index contributed by atoms with van der Waals surface area (Å²) in [6, 6.07) is 9.22. The van der Waals surface area contributed by atoms with Crippen molar-refractivity contribution in [3.63, 3.8) is 0 Å². The van der Waals surface area contributed by atoms with E-state index in [4.69, 9.17) is 10.5 Å². The molecule has 0 saturated heterocycles. The van der Waals surface area contributed by atoms with Crippen LogP contribution in [-0.4, -0.2) is 25.0 Å². The predicted molar refractivity (Wildman–Crippen MR) is 79.3 cm³/mol. The van der Waals surface area contributed by atoms with Crippen molar-refractivity contribution in [2.24, 2.45) is 11.7 Å². The van der Waals surface area contributed by atoms with E-state index in [2.05, 4.69) is 5.32 Å². The molecule has 0 radical (unpaired) electrons. The zero-order chi connectivity index (χ0) is 15.2. The van der Waals surface area contributed by atoms with Gasteiger partial charge in [0.25, 0.3) is 0 Å². The van der Waals surface area contributed by atoms with Gasteiger partial charge in [-0.3, -0.25) is 9.59 Å². The van der Waals surface area contributed by atoms with Gasteiger partial charge in [-0.1, -0.05) is 30.3 Å². The lowest BCUT2D eigenvalue weighted by Gasteiger charge is -2.20. The van der Waals surface area contributed by atoms with Gasteiger partial charge < -0.3 is 15.8 Å². The summed E-state index contributed by atoms with van der Waals surface area (Å²) in [6.45, 7) is 0. The molecule has 3 atom stereocenters. The summed E-state index contributed by atoms with van der Waals surface area (Å²) in [5, 5.41) is 2.97. The molecule has 1 amide bonds. The van der Waals surface area contributed by atoms with Crippen LogP contribution in [0.4, 0.5) is 0 Å². The van der Waals surface area contributed by atoms with Crippen LogP contribution in [0.5, 0.6) is 0 Å². The Kier molecular flexibility index (Phi) is 5.33. The Bertz CT molecular complexity index is 490. The Balaban J connectivity index is 2.05. The van der Waals surface area contributed by atoms with Crippen molar-refractivity contribution in [3.8, 4) is 0 Å². The van der Waals surface area contributed by atoms with Crippen LogP contribution in [0.25, 0.3) is 0 Å². The molecule has 1 fully saturated rings. The van der Waals surface area contributed by atoms with E-state index in [0.29, 0.717) is 6.42 Å². The number of hydrogen-bond donors (Lipinski definition) is 2. The third kappa shape index (κ3) is 4.29. The maximum Gasteiger partial charge on any atom is 0.307 e. The fourth-order valence-corrected chi connectivity index (χ4v) is 2.73. The number of methoxy groups -OCH3 is 1. The number of nitrogens with two attached hydrogens (primary N) is 1. The molecule has 114 valence electrons. The zero-order valence-electron chi connectivity index (χ0n) is 12.2. The number of hydrogen-bond acceptors (Lipinski definition) is 4. The molecule has 5 heteroatoms. The highest BCUT2D eigenvalue weighted by Gasteiger charge is 2.29. The molecule has 1 saturated carbocycles. The van der Waals surface area contributed by atoms with Gasteiger partial charge in [-0.25, -0.2) is 0 Å². The highest BCUT2D eigenvalue weighted by atomic mass is 16.5. The number of amides is 1. The maximum atomic E-state index is 12.3. The number of esters is 1. The Morgan fingerprint density at radius 2 is 2.05 bits per heavy atom. The minimum Gasteiger partial charge on any atom is -0.469 e. The summed E-state index contributed by atoms with van der Waals surface area (Å²) in [4.78, 5) is 23.9. The van der Waals surface area contributed by atoms with Crippen molar-refractivity contribution >= 4 is 11.9 Å². The summed E-state index contributed by atoms with van der Waals surface area (Å²) < 4.78 is 4.72. The van der Waals surface area contributed by atoms with E-state index in [1.165, 1.54) is 7.11 Å². The van der Waals surface area contributed by atoms with Gasteiger partial charge in [-0.15, -0.1) is 0 Å². The molecule has 0 spiro atoms. The molecule has 21 heavy (non-hydrogen) atoms. The molecule has 2 rings (SSSR count). The van der Waals surface area contributed by atoms with E-state index in [1.54, 1.807) is 0 Å². The summed E-state index contributed by atoms with van der Waals surface area (Å²) in [7, 11) is 1.35. The molecule has 0 aliphatic heterocycles. The Hall–Kier alpha value is -1.88. The first kappa shape index (κ1) is 15.5. The van der Waals surface area contributed by atoms with Crippen LogP contribution < -0.4 is 11.1 Å². The molecule has 0 aromatic heterocycles. The van der Waals surface area contributed by atoms with Crippen LogP contribution in [0.2, 0.25) is 0 Å². The Labute approximate surface area is 124 Å². The van der Waals surface area contributed by atoms with Crippen LogP contribution in [-0.2, 0) is 14.3 Å². The summed E-state index contributed by atoms with van der Waals surface area (Å²) in [5.74, 6) is -0.420. The van der Waals surface area contributed by atoms with Crippen LogP contribution in [0.3, 0.4) is 0 Å². The third-order valence-electron chi connectivity index (χ3n) is 3.96. The van der Waals surface area contributed by atoms with Crippen molar-refractivity contribution in [3.05, 3.63) is 35.9 Å². The topological polar surface area (TPSA) is 81.4 Å². The van der Waals surface area contributed by atoms with Gasteiger partial charge in [0, 0.05) is 12.0 Å². The highest BCUT2D eigenvalue weighted by Crippen LogP contribution is 2.26. The van der Waals surface area contributed by atoms with Crippen LogP contribution >= 0.6 is 0 Å². The number of nitrogens with one attached hydrogen (secondary N) is 1. The van der Waals surface area contributed by atoms with Crippen molar-refractivity contribution in [2.45, 2.75) is 37.8 Å². The molecule has 1 aromatic rings.